The number of nitrogens with one attached hydrogen (secondary N) is 1. The largest absolute Gasteiger partial charge is 0.476 e. The SMILES string of the molecule is Cc1cccc2cc(S(=O)(=O)N3CC(c4cc(C(=O)O)n[nH]4)C3)sc12. The molecule has 1 saturated heterocycles. The number of thiophene rings is 1. The predicted molar refractivity (Wildman–Crippen MR) is 93.6 cm³/mol. The Morgan fingerprint density at radius 3 is 2.76 bits per heavy atom. The Labute approximate surface area is 148 Å². The molecule has 1 fully saturated rings. The summed E-state index contributed by atoms with van der Waals surface area (Å²) < 4.78 is 28.3. The number of aromatic amines is 1. The molecule has 0 aliphatic carbocycles. The Balaban J connectivity index is 1.55. The number of aromatic carboxylic acids is 1. The van der Waals surface area contributed by atoms with Gasteiger partial charge in [-0.2, -0.15) is 9.40 Å². The molecule has 1 aliphatic rings. The summed E-state index contributed by atoms with van der Waals surface area (Å²) in [5, 5.41) is 16.2. The minimum atomic E-state index is -3.53. The number of nitrogens with zero attached hydrogens (tertiary/aromatic N) is 2. The zero-order chi connectivity index (χ0) is 17.8. The topological polar surface area (TPSA) is 103 Å². The van der Waals surface area contributed by atoms with E-state index in [1.54, 1.807) is 6.07 Å². The number of carboxylic acids is 1. The Hall–Kier alpha value is -2.23. The zero-order valence-electron chi connectivity index (χ0n) is 13.3. The summed E-state index contributed by atoms with van der Waals surface area (Å²) >= 11 is 1.29. The summed E-state index contributed by atoms with van der Waals surface area (Å²) in [6.07, 6.45) is 0. The summed E-state index contributed by atoms with van der Waals surface area (Å²) in [7, 11) is -3.53. The average molecular weight is 377 g/mol. The molecule has 0 amide bonds. The van der Waals surface area contributed by atoms with Gasteiger partial charge in [-0.3, -0.25) is 5.10 Å². The maximum atomic E-state index is 12.8. The van der Waals surface area contributed by atoms with Gasteiger partial charge >= 0.3 is 5.97 Å². The number of benzene rings is 1. The molecule has 3 heterocycles. The van der Waals surface area contributed by atoms with Crippen LogP contribution in [0, 0.1) is 6.92 Å². The Bertz CT molecular complexity index is 1080. The molecule has 0 atom stereocenters. The number of hydrogen-bond acceptors (Lipinski definition) is 5. The lowest BCUT2D eigenvalue weighted by molar-refractivity contribution is 0.0690. The first kappa shape index (κ1) is 16.2. The van der Waals surface area contributed by atoms with E-state index in [2.05, 4.69) is 10.2 Å². The van der Waals surface area contributed by atoms with Gasteiger partial charge < -0.3 is 5.11 Å². The summed E-state index contributed by atoms with van der Waals surface area (Å²) in [5.41, 5.74) is 1.65. The maximum Gasteiger partial charge on any atom is 0.356 e. The fourth-order valence-corrected chi connectivity index (χ4v) is 6.06. The molecule has 2 aromatic heterocycles. The van der Waals surface area contributed by atoms with Gasteiger partial charge in [-0.25, -0.2) is 13.2 Å². The van der Waals surface area contributed by atoms with Gasteiger partial charge in [0, 0.05) is 29.4 Å². The van der Waals surface area contributed by atoms with Crippen LogP contribution in [0.25, 0.3) is 10.1 Å². The van der Waals surface area contributed by atoms with E-state index in [1.165, 1.54) is 21.7 Å². The summed E-state index contributed by atoms with van der Waals surface area (Å²) in [6.45, 7) is 2.60. The van der Waals surface area contributed by atoms with Gasteiger partial charge in [0.2, 0.25) is 0 Å². The van der Waals surface area contributed by atoms with Crippen molar-refractivity contribution in [1.82, 2.24) is 14.5 Å². The van der Waals surface area contributed by atoms with E-state index in [0.29, 0.717) is 23.0 Å². The molecule has 1 aliphatic heterocycles. The maximum absolute atomic E-state index is 12.8. The van der Waals surface area contributed by atoms with Crippen LogP contribution < -0.4 is 0 Å². The molecule has 9 heteroatoms. The highest BCUT2D eigenvalue weighted by atomic mass is 32.2. The molecular formula is C16H15N3O4S2. The second-order valence-electron chi connectivity index (χ2n) is 6.09. The molecule has 0 bridgehead atoms. The van der Waals surface area contributed by atoms with Gasteiger partial charge in [-0.1, -0.05) is 18.2 Å². The Morgan fingerprint density at radius 1 is 1.36 bits per heavy atom. The van der Waals surface area contributed by atoms with E-state index in [4.69, 9.17) is 5.11 Å². The molecule has 4 rings (SSSR count). The van der Waals surface area contributed by atoms with Crippen molar-refractivity contribution < 1.29 is 18.3 Å². The molecule has 3 aromatic rings. The van der Waals surface area contributed by atoms with E-state index < -0.39 is 16.0 Å². The van der Waals surface area contributed by atoms with Crippen LogP contribution in [-0.4, -0.2) is 47.1 Å². The molecule has 130 valence electrons. The number of carbonyl (C=O) groups is 1. The number of aryl methyl sites for hydroxylation is 1. The van der Waals surface area contributed by atoms with Crippen molar-refractivity contribution in [3.05, 3.63) is 47.3 Å². The highest BCUT2D eigenvalue weighted by Gasteiger charge is 2.39. The minimum absolute atomic E-state index is 0.0590. The normalized spacial score (nSPS) is 16.2. The number of aromatic nitrogens is 2. The first-order valence-electron chi connectivity index (χ1n) is 7.64. The summed E-state index contributed by atoms with van der Waals surface area (Å²) in [4.78, 5) is 10.9. The number of hydrogen-bond donors (Lipinski definition) is 2. The van der Waals surface area contributed by atoms with Gasteiger partial charge in [0.05, 0.1) is 0 Å². The van der Waals surface area contributed by atoms with E-state index >= 15 is 0 Å². The number of sulfonamides is 1. The molecule has 0 saturated carbocycles. The third-order valence-corrected chi connectivity index (χ3v) is 7.98. The second kappa shape index (κ2) is 5.65. The van der Waals surface area contributed by atoms with Crippen LogP contribution in [0.15, 0.2) is 34.5 Å². The van der Waals surface area contributed by atoms with Crippen LogP contribution in [-0.2, 0) is 10.0 Å². The van der Waals surface area contributed by atoms with Crippen molar-refractivity contribution >= 4 is 37.4 Å². The van der Waals surface area contributed by atoms with E-state index in [0.717, 1.165) is 15.6 Å². The van der Waals surface area contributed by atoms with Crippen molar-refractivity contribution in [3.63, 3.8) is 0 Å². The van der Waals surface area contributed by atoms with Gasteiger partial charge in [0.25, 0.3) is 10.0 Å². The lowest BCUT2D eigenvalue weighted by Crippen LogP contribution is -2.48. The molecule has 0 unspecified atom stereocenters. The first-order valence-corrected chi connectivity index (χ1v) is 9.90. The number of H-pyrrole nitrogens is 1. The van der Waals surface area contributed by atoms with Gasteiger partial charge in [0.15, 0.2) is 5.69 Å². The molecule has 0 spiro atoms. The second-order valence-corrected chi connectivity index (χ2v) is 9.31. The summed E-state index contributed by atoms with van der Waals surface area (Å²) in [6, 6.07) is 8.97. The van der Waals surface area contributed by atoms with Crippen LogP contribution in [0.4, 0.5) is 0 Å². The number of fused-ring (bicyclic) bond motifs is 1. The molecule has 7 nitrogen and oxygen atoms in total. The number of rotatable bonds is 4. The summed E-state index contributed by atoms with van der Waals surface area (Å²) in [5.74, 6) is -1.17. The van der Waals surface area contributed by atoms with E-state index in [1.807, 2.05) is 25.1 Å². The third kappa shape index (κ3) is 2.64. The highest BCUT2D eigenvalue weighted by Crippen LogP contribution is 2.37. The smallest absolute Gasteiger partial charge is 0.356 e. The average Bonchev–Trinajstić information content (AvgIpc) is 3.13. The van der Waals surface area contributed by atoms with Crippen LogP contribution in [0.1, 0.15) is 27.7 Å². The Kier molecular flexibility index (Phi) is 3.67. The van der Waals surface area contributed by atoms with Crippen LogP contribution >= 0.6 is 11.3 Å². The lowest BCUT2D eigenvalue weighted by Gasteiger charge is -2.36. The third-order valence-electron chi connectivity index (χ3n) is 4.42. The zero-order valence-corrected chi connectivity index (χ0v) is 14.9. The standard InChI is InChI=1S/C16H15N3O4S2/c1-9-3-2-4-10-5-14(24-15(9)10)25(22,23)19-7-11(8-19)12-6-13(16(20)21)18-17-12/h2-6,11H,7-8H2,1H3,(H,17,18)(H,20,21). The first-order chi connectivity index (χ1) is 11.9. The van der Waals surface area contributed by atoms with E-state index in [9.17, 15) is 13.2 Å². The molecule has 2 N–H and O–H groups in total. The highest BCUT2D eigenvalue weighted by molar-refractivity contribution is 7.91. The van der Waals surface area contributed by atoms with Crippen LogP contribution in [0.3, 0.4) is 0 Å². The monoisotopic (exact) mass is 377 g/mol. The number of carboxylic acid groups (broad SMARTS) is 1. The van der Waals surface area contributed by atoms with Gasteiger partial charge in [-0.05, 0) is 30.0 Å². The predicted octanol–water partition coefficient (Wildman–Crippen LogP) is 2.42. The minimum Gasteiger partial charge on any atom is -0.476 e. The van der Waals surface area contributed by atoms with Crippen molar-refractivity contribution in [2.24, 2.45) is 0 Å². The molecule has 1 aromatic carbocycles. The van der Waals surface area contributed by atoms with Crippen molar-refractivity contribution in [3.8, 4) is 0 Å². The van der Waals surface area contributed by atoms with Gasteiger partial charge in [-0.15, -0.1) is 11.3 Å². The lowest BCUT2D eigenvalue weighted by atomic mass is 9.99. The molecule has 0 radical (unpaired) electrons. The van der Waals surface area contributed by atoms with Crippen LogP contribution in [0.2, 0.25) is 0 Å². The van der Waals surface area contributed by atoms with E-state index in [-0.39, 0.29) is 11.6 Å². The van der Waals surface area contributed by atoms with Crippen molar-refractivity contribution in [2.45, 2.75) is 17.1 Å². The van der Waals surface area contributed by atoms with Gasteiger partial charge in [0.1, 0.15) is 4.21 Å². The molecule has 25 heavy (non-hydrogen) atoms. The van der Waals surface area contributed by atoms with Crippen LogP contribution in [0.5, 0.6) is 0 Å². The van der Waals surface area contributed by atoms with Crippen molar-refractivity contribution in [1.29, 1.82) is 0 Å². The fourth-order valence-electron chi connectivity index (χ4n) is 2.93. The molecular weight excluding hydrogens is 362 g/mol. The Morgan fingerprint density at radius 2 is 2.12 bits per heavy atom. The quantitative estimate of drug-likeness (QED) is 0.727. The van der Waals surface area contributed by atoms with Crippen molar-refractivity contribution in [2.75, 3.05) is 13.1 Å². The fraction of sp³-hybridized carbons (Fsp3) is 0.250.